The summed E-state index contributed by atoms with van der Waals surface area (Å²) in [5, 5.41) is 0. The highest BCUT2D eigenvalue weighted by Gasteiger charge is 2.29. The number of nitrogens with two attached hydrogens (primary N) is 1. The Balaban J connectivity index is 2.30. The molecule has 1 aliphatic carbocycles. The standard InChI is InChI=1S/C9H21N3O3S/c1-12(7-8-5-9(10)6-8)16(13,14)11-3-4-15-2/h8-9,11H,3-7,10H2,1-2H3. The van der Waals surface area contributed by atoms with Crippen molar-refractivity contribution in [1.29, 1.82) is 0 Å². The summed E-state index contributed by atoms with van der Waals surface area (Å²) in [6.07, 6.45) is 1.83. The summed E-state index contributed by atoms with van der Waals surface area (Å²) in [5.74, 6) is 0.402. The second-order valence-corrected chi connectivity index (χ2v) is 6.13. The molecule has 0 heterocycles. The van der Waals surface area contributed by atoms with E-state index in [2.05, 4.69) is 4.72 Å². The van der Waals surface area contributed by atoms with Gasteiger partial charge in [0.15, 0.2) is 0 Å². The number of nitrogens with one attached hydrogen (secondary N) is 1. The Hall–Kier alpha value is -0.210. The summed E-state index contributed by atoms with van der Waals surface area (Å²) in [7, 11) is -0.241. The molecule has 0 aromatic carbocycles. The van der Waals surface area contributed by atoms with E-state index >= 15 is 0 Å². The van der Waals surface area contributed by atoms with E-state index in [0.717, 1.165) is 12.8 Å². The van der Waals surface area contributed by atoms with Crippen molar-refractivity contribution >= 4 is 10.2 Å². The maximum atomic E-state index is 11.7. The summed E-state index contributed by atoms with van der Waals surface area (Å²) in [4.78, 5) is 0. The van der Waals surface area contributed by atoms with Gasteiger partial charge < -0.3 is 10.5 Å². The van der Waals surface area contributed by atoms with Crippen molar-refractivity contribution in [3.05, 3.63) is 0 Å². The van der Waals surface area contributed by atoms with Crippen LogP contribution >= 0.6 is 0 Å². The molecule has 0 radical (unpaired) electrons. The van der Waals surface area contributed by atoms with E-state index in [0.29, 0.717) is 25.6 Å². The molecule has 0 saturated heterocycles. The van der Waals surface area contributed by atoms with Gasteiger partial charge in [-0.2, -0.15) is 17.4 Å². The Kier molecular flexibility index (Phi) is 5.13. The van der Waals surface area contributed by atoms with Crippen LogP contribution in [0.25, 0.3) is 0 Å². The van der Waals surface area contributed by atoms with Crippen LogP contribution in [0.5, 0.6) is 0 Å². The van der Waals surface area contributed by atoms with E-state index in [9.17, 15) is 8.42 Å². The molecule has 0 unspecified atom stereocenters. The van der Waals surface area contributed by atoms with E-state index in [1.54, 1.807) is 7.05 Å². The highest BCUT2D eigenvalue weighted by Crippen LogP contribution is 2.26. The van der Waals surface area contributed by atoms with Gasteiger partial charge in [-0.05, 0) is 18.8 Å². The first-order valence-corrected chi connectivity index (χ1v) is 6.85. The monoisotopic (exact) mass is 251 g/mol. The number of hydrogen-bond donors (Lipinski definition) is 2. The van der Waals surface area contributed by atoms with Crippen LogP contribution in [0.15, 0.2) is 0 Å². The molecule has 7 heteroatoms. The highest BCUT2D eigenvalue weighted by molar-refractivity contribution is 7.87. The largest absolute Gasteiger partial charge is 0.383 e. The number of rotatable bonds is 7. The number of nitrogens with zero attached hydrogens (tertiary/aromatic N) is 1. The lowest BCUT2D eigenvalue weighted by molar-refractivity contribution is 0.202. The van der Waals surface area contributed by atoms with Crippen LogP contribution in [-0.4, -0.2) is 52.6 Å². The molecule has 0 spiro atoms. The van der Waals surface area contributed by atoms with E-state index in [4.69, 9.17) is 10.5 Å². The fraction of sp³-hybridized carbons (Fsp3) is 1.00. The molecular formula is C9H21N3O3S. The Morgan fingerprint density at radius 1 is 1.50 bits per heavy atom. The normalized spacial score (nSPS) is 25.8. The number of methoxy groups -OCH3 is 1. The molecule has 0 amide bonds. The van der Waals surface area contributed by atoms with E-state index in [-0.39, 0.29) is 6.04 Å². The summed E-state index contributed by atoms with van der Waals surface area (Å²) in [6.45, 7) is 1.21. The van der Waals surface area contributed by atoms with Crippen molar-refractivity contribution in [2.75, 3.05) is 33.9 Å². The van der Waals surface area contributed by atoms with Crippen LogP contribution in [0.1, 0.15) is 12.8 Å². The summed E-state index contributed by atoms with van der Waals surface area (Å²) >= 11 is 0. The van der Waals surface area contributed by atoms with Crippen molar-refractivity contribution < 1.29 is 13.2 Å². The van der Waals surface area contributed by atoms with Crippen LogP contribution in [0.3, 0.4) is 0 Å². The third-order valence-corrected chi connectivity index (χ3v) is 4.33. The maximum absolute atomic E-state index is 11.7. The molecule has 6 nitrogen and oxygen atoms in total. The van der Waals surface area contributed by atoms with E-state index in [1.165, 1.54) is 11.4 Å². The van der Waals surface area contributed by atoms with Crippen molar-refractivity contribution in [1.82, 2.24) is 9.03 Å². The van der Waals surface area contributed by atoms with Gasteiger partial charge in [-0.15, -0.1) is 0 Å². The minimum Gasteiger partial charge on any atom is -0.383 e. The van der Waals surface area contributed by atoms with Crippen LogP contribution in [0, 0.1) is 5.92 Å². The number of ether oxygens (including phenoxy) is 1. The molecule has 16 heavy (non-hydrogen) atoms. The van der Waals surface area contributed by atoms with Gasteiger partial charge in [0.2, 0.25) is 0 Å². The lowest BCUT2D eigenvalue weighted by Gasteiger charge is -2.34. The maximum Gasteiger partial charge on any atom is 0.279 e. The fourth-order valence-corrected chi connectivity index (χ4v) is 2.75. The molecule has 1 saturated carbocycles. The zero-order valence-corrected chi connectivity index (χ0v) is 10.7. The van der Waals surface area contributed by atoms with Gasteiger partial charge in [-0.3, -0.25) is 0 Å². The topological polar surface area (TPSA) is 84.7 Å². The van der Waals surface area contributed by atoms with Gasteiger partial charge in [0.25, 0.3) is 10.2 Å². The Bertz CT molecular complexity index is 301. The van der Waals surface area contributed by atoms with Crippen molar-refractivity contribution in [3.63, 3.8) is 0 Å². The van der Waals surface area contributed by atoms with Crippen LogP contribution < -0.4 is 10.5 Å². The Morgan fingerprint density at radius 2 is 2.12 bits per heavy atom. The predicted molar refractivity (Wildman–Crippen MR) is 62.1 cm³/mol. The summed E-state index contributed by atoms with van der Waals surface area (Å²) < 4.78 is 32.0. The Morgan fingerprint density at radius 3 is 2.62 bits per heavy atom. The van der Waals surface area contributed by atoms with Gasteiger partial charge in [0.05, 0.1) is 6.61 Å². The molecule has 0 atom stereocenters. The fourth-order valence-electron chi connectivity index (χ4n) is 1.78. The van der Waals surface area contributed by atoms with Crippen LogP contribution in [0.4, 0.5) is 0 Å². The summed E-state index contributed by atoms with van der Waals surface area (Å²) in [6, 6.07) is 0.252. The minimum atomic E-state index is -3.36. The average Bonchev–Trinajstić information content (AvgIpc) is 2.15. The van der Waals surface area contributed by atoms with Crippen molar-refractivity contribution in [2.45, 2.75) is 18.9 Å². The van der Waals surface area contributed by atoms with Gasteiger partial charge in [0.1, 0.15) is 0 Å². The molecule has 96 valence electrons. The third kappa shape index (κ3) is 3.99. The van der Waals surface area contributed by atoms with Gasteiger partial charge in [-0.1, -0.05) is 0 Å². The lowest BCUT2D eigenvalue weighted by atomic mass is 9.81. The predicted octanol–water partition coefficient (Wildman–Crippen LogP) is -0.864. The molecule has 0 aromatic rings. The SMILES string of the molecule is COCCNS(=O)(=O)N(C)CC1CC(N)C1. The van der Waals surface area contributed by atoms with E-state index < -0.39 is 10.2 Å². The molecule has 1 aliphatic rings. The number of hydrogen-bond acceptors (Lipinski definition) is 4. The molecule has 3 N–H and O–H groups in total. The summed E-state index contributed by atoms with van der Waals surface area (Å²) in [5.41, 5.74) is 5.65. The first kappa shape index (κ1) is 13.9. The van der Waals surface area contributed by atoms with Gasteiger partial charge >= 0.3 is 0 Å². The van der Waals surface area contributed by atoms with Gasteiger partial charge in [0, 0.05) is 33.3 Å². The second kappa shape index (κ2) is 5.92. The van der Waals surface area contributed by atoms with Crippen molar-refractivity contribution in [2.24, 2.45) is 11.7 Å². The molecule has 1 fully saturated rings. The van der Waals surface area contributed by atoms with E-state index in [1.807, 2.05) is 0 Å². The zero-order chi connectivity index (χ0) is 12.2. The smallest absolute Gasteiger partial charge is 0.279 e. The lowest BCUT2D eigenvalue weighted by Crippen LogP contribution is -2.46. The third-order valence-electron chi connectivity index (χ3n) is 2.79. The van der Waals surface area contributed by atoms with Crippen LogP contribution in [-0.2, 0) is 14.9 Å². The first-order chi connectivity index (χ1) is 7.45. The quantitative estimate of drug-likeness (QED) is 0.576. The van der Waals surface area contributed by atoms with Gasteiger partial charge in [-0.25, -0.2) is 0 Å². The first-order valence-electron chi connectivity index (χ1n) is 5.41. The van der Waals surface area contributed by atoms with Crippen molar-refractivity contribution in [3.8, 4) is 0 Å². The second-order valence-electron chi connectivity index (χ2n) is 4.27. The molecular weight excluding hydrogens is 230 g/mol. The molecule has 0 bridgehead atoms. The molecule has 0 aliphatic heterocycles. The Labute approximate surface area is 97.3 Å². The molecule has 1 rings (SSSR count). The highest BCUT2D eigenvalue weighted by atomic mass is 32.2. The average molecular weight is 251 g/mol. The zero-order valence-electron chi connectivity index (χ0n) is 9.85. The minimum absolute atomic E-state index is 0.252. The van der Waals surface area contributed by atoms with Crippen LogP contribution in [0.2, 0.25) is 0 Å². The molecule has 0 aromatic heterocycles.